The molecule has 0 aliphatic carbocycles. The zero-order valence-electron chi connectivity index (χ0n) is 15.5. The first-order chi connectivity index (χ1) is 13.0. The Labute approximate surface area is 170 Å². The smallest absolute Gasteiger partial charge is 0.191 e. The van der Waals surface area contributed by atoms with Crippen LogP contribution in [0.1, 0.15) is 32.3 Å². The predicted octanol–water partition coefficient (Wildman–Crippen LogP) is 5.43. The van der Waals surface area contributed by atoms with E-state index in [2.05, 4.69) is 46.7 Å². The second-order valence-electron chi connectivity index (χ2n) is 5.98. The second kappa shape index (κ2) is 10.8. The standard InChI is InChI=1S/C20H24ClFN4S/c1-3-5-12-26(4-2)17-9-6-15(7-10-17)14-23-25-20(27)24-16-8-11-19(22)18(21)13-16/h6-11,13-14H,3-5,12H2,1-2H3,(H2,24,25,27). The van der Waals surface area contributed by atoms with Gasteiger partial charge in [0.1, 0.15) is 5.82 Å². The fourth-order valence-electron chi connectivity index (χ4n) is 2.49. The zero-order chi connectivity index (χ0) is 19.6. The average molecular weight is 407 g/mol. The van der Waals surface area contributed by atoms with Gasteiger partial charge in [-0.2, -0.15) is 5.10 Å². The lowest BCUT2D eigenvalue weighted by molar-refractivity contribution is 0.628. The van der Waals surface area contributed by atoms with Crippen molar-refractivity contribution in [2.24, 2.45) is 5.10 Å². The summed E-state index contributed by atoms with van der Waals surface area (Å²) in [5.41, 5.74) is 5.49. The molecule has 0 aliphatic heterocycles. The molecular weight excluding hydrogens is 383 g/mol. The maximum atomic E-state index is 13.2. The van der Waals surface area contributed by atoms with Crippen molar-refractivity contribution in [3.05, 3.63) is 58.9 Å². The van der Waals surface area contributed by atoms with Crippen LogP contribution in [-0.4, -0.2) is 24.4 Å². The SMILES string of the molecule is CCCCN(CC)c1ccc(C=NNC(=S)Nc2ccc(F)c(Cl)c2)cc1. The number of rotatable bonds is 8. The van der Waals surface area contributed by atoms with Crippen LogP contribution < -0.4 is 15.6 Å². The number of anilines is 2. The number of hydrogen-bond acceptors (Lipinski definition) is 3. The molecule has 0 aliphatic rings. The van der Waals surface area contributed by atoms with Crippen molar-refractivity contribution in [2.45, 2.75) is 26.7 Å². The highest BCUT2D eigenvalue weighted by Gasteiger charge is 2.04. The Morgan fingerprint density at radius 3 is 2.59 bits per heavy atom. The van der Waals surface area contributed by atoms with Gasteiger partial charge in [-0.1, -0.05) is 37.1 Å². The van der Waals surface area contributed by atoms with Gasteiger partial charge in [-0.05, 0) is 61.5 Å². The minimum atomic E-state index is -0.473. The summed E-state index contributed by atoms with van der Waals surface area (Å²) < 4.78 is 13.2. The lowest BCUT2D eigenvalue weighted by atomic mass is 10.2. The van der Waals surface area contributed by atoms with Gasteiger partial charge >= 0.3 is 0 Å². The van der Waals surface area contributed by atoms with Gasteiger partial charge < -0.3 is 10.2 Å². The second-order valence-corrected chi connectivity index (χ2v) is 6.79. The van der Waals surface area contributed by atoms with Crippen molar-refractivity contribution in [1.82, 2.24) is 5.43 Å². The average Bonchev–Trinajstić information content (AvgIpc) is 2.66. The first-order valence-corrected chi connectivity index (χ1v) is 9.72. The largest absolute Gasteiger partial charge is 0.372 e. The van der Waals surface area contributed by atoms with E-state index in [0.29, 0.717) is 10.8 Å². The van der Waals surface area contributed by atoms with E-state index in [9.17, 15) is 4.39 Å². The molecule has 0 bridgehead atoms. The minimum absolute atomic E-state index is 0.0338. The molecule has 7 heteroatoms. The fourth-order valence-corrected chi connectivity index (χ4v) is 2.84. The van der Waals surface area contributed by atoms with E-state index in [1.54, 1.807) is 12.3 Å². The number of nitrogens with one attached hydrogen (secondary N) is 2. The molecule has 2 N–H and O–H groups in total. The lowest BCUT2D eigenvalue weighted by Gasteiger charge is -2.22. The fraction of sp³-hybridized carbons (Fsp3) is 0.300. The third-order valence-electron chi connectivity index (χ3n) is 3.98. The van der Waals surface area contributed by atoms with E-state index < -0.39 is 5.82 Å². The number of hydrazone groups is 1. The molecule has 0 heterocycles. The molecule has 0 unspecified atom stereocenters. The molecule has 2 aromatic carbocycles. The Morgan fingerprint density at radius 1 is 1.22 bits per heavy atom. The number of halogens is 2. The number of thiocarbonyl (C=S) groups is 1. The molecule has 2 aromatic rings. The van der Waals surface area contributed by atoms with Crippen molar-refractivity contribution < 1.29 is 4.39 Å². The normalized spacial score (nSPS) is 10.8. The van der Waals surface area contributed by atoms with Gasteiger partial charge in [0, 0.05) is 24.5 Å². The van der Waals surface area contributed by atoms with Gasteiger partial charge in [-0.3, -0.25) is 5.43 Å². The van der Waals surface area contributed by atoms with Crippen molar-refractivity contribution in [3.8, 4) is 0 Å². The van der Waals surface area contributed by atoms with Gasteiger partial charge in [0.2, 0.25) is 0 Å². The van der Waals surface area contributed by atoms with Crippen LogP contribution in [0.25, 0.3) is 0 Å². The molecular formula is C20H24ClFN4S. The Balaban J connectivity index is 1.87. The van der Waals surface area contributed by atoms with Crippen molar-refractivity contribution in [1.29, 1.82) is 0 Å². The topological polar surface area (TPSA) is 39.7 Å². The summed E-state index contributed by atoms with van der Waals surface area (Å²) in [6, 6.07) is 12.5. The Bertz CT molecular complexity index is 780. The third kappa shape index (κ3) is 6.81. The van der Waals surface area contributed by atoms with E-state index in [4.69, 9.17) is 23.8 Å². The van der Waals surface area contributed by atoms with E-state index in [1.807, 2.05) is 12.1 Å². The molecule has 144 valence electrons. The van der Waals surface area contributed by atoms with Crippen LogP contribution in [0.5, 0.6) is 0 Å². The molecule has 27 heavy (non-hydrogen) atoms. The third-order valence-corrected chi connectivity index (χ3v) is 4.46. The molecule has 0 saturated heterocycles. The Kier molecular flexibility index (Phi) is 8.48. The summed E-state index contributed by atoms with van der Waals surface area (Å²) in [4.78, 5) is 2.36. The maximum Gasteiger partial charge on any atom is 0.191 e. The summed E-state index contributed by atoms with van der Waals surface area (Å²) in [5.74, 6) is -0.473. The van der Waals surface area contributed by atoms with Crippen LogP contribution in [0.3, 0.4) is 0 Å². The maximum absolute atomic E-state index is 13.2. The minimum Gasteiger partial charge on any atom is -0.372 e. The van der Waals surface area contributed by atoms with Crippen LogP contribution in [0.15, 0.2) is 47.6 Å². The Morgan fingerprint density at radius 2 is 1.96 bits per heavy atom. The highest BCUT2D eigenvalue weighted by molar-refractivity contribution is 7.80. The molecule has 0 aromatic heterocycles. The van der Waals surface area contributed by atoms with Crippen LogP contribution in [-0.2, 0) is 0 Å². The monoisotopic (exact) mass is 406 g/mol. The number of unbranched alkanes of at least 4 members (excludes halogenated alkanes) is 1. The number of benzene rings is 2. The molecule has 0 saturated carbocycles. The lowest BCUT2D eigenvalue weighted by Crippen LogP contribution is -2.24. The first kappa shape index (κ1) is 21.1. The molecule has 2 rings (SSSR count). The molecule has 0 fully saturated rings. The molecule has 0 amide bonds. The van der Waals surface area contributed by atoms with E-state index in [0.717, 1.165) is 18.7 Å². The molecule has 0 atom stereocenters. The summed E-state index contributed by atoms with van der Waals surface area (Å²) in [7, 11) is 0. The highest BCUT2D eigenvalue weighted by Crippen LogP contribution is 2.19. The van der Waals surface area contributed by atoms with Gasteiger partial charge in [0.15, 0.2) is 5.11 Å². The number of nitrogens with zero attached hydrogens (tertiary/aromatic N) is 2. The van der Waals surface area contributed by atoms with Crippen molar-refractivity contribution in [2.75, 3.05) is 23.3 Å². The van der Waals surface area contributed by atoms with Crippen molar-refractivity contribution >= 4 is 46.5 Å². The van der Waals surface area contributed by atoms with Crippen LogP contribution in [0.4, 0.5) is 15.8 Å². The summed E-state index contributed by atoms with van der Waals surface area (Å²) in [6.45, 7) is 6.42. The van der Waals surface area contributed by atoms with Crippen molar-refractivity contribution in [3.63, 3.8) is 0 Å². The summed E-state index contributed by atoms with van der Waals surface area (Å²) in [5, 5.41) is 7.35. The molecule has 0 spiro atoms. The highest BCUT2D eigenvalue weighted by atomic mass is 35.5. The molecule has 4 nitrogen and oxygen atoms in total. The van der Waals surface area contributed by atoms with E-state index >= 15 is 0 Å². The van der Waals surface area contributed by atoms with Crippen LogP contribution >= 0.6 is 23.8 Å². The first-order valence-electron chi connectivity index (χ1n) is 8.93. The zero-order valence-corrected chi connectivity index (χ0v) is 17.1. The van der Waals surface area contributed by atoms with E-state index in [-0.39, 0.29) is 5.02 Å². The summed E-state index contributed by atoms with van der Waals surface area (Å²) in [6.07, 6.45) is 4.06. The van der Waals surface area contributed by atoms with Crippen LogP contribution in [0, 0.1) is 5.82 Å². The van der Waals surface area contributed by atoms with E-state index in [1.165, 1.54) is 30.7 Å². The van der Waals surface area contributed by atoms with Crippen LogP contribution in [0.2, 0.25) is 5.02 Å². The summed E-state index contributed by atoms with van der Waals surface area (Å²) >= 11 is 10.9. The molecule has 0 radical (unpaired) electrons. The van der Waals surface area contributed by atoms with Gasteiger partial charge in [-0.15, -0.1) is 0 Å². The van der Waals surface area contributed by atoms with Gasteiger partial charge in [-0.25, -0.2) is 4.39 Å². The Hall–Kier alpha value is -2.18. The van der Waals surface area contributed by atoms with Gasteiger partial charge in [0.25, 0.3) is 0 Å². The predicted molar refractivity (Wildman–Crippen MR) is 118 cm³/mol. The quantitative estimate of drug-likeness (QED) is 0.348. The number of hydrogen-bond donors (Lipinski definition) is 2. The van der Waals surface area contributed by atoms with Gasteiger partial charge in [0.05, 0.1) is 11.2 Å².